The summed E-state index contributed by atoms with van der Waals surface area (Å²) in [5, 5.41) is 12.7. The Kier molecular flexibility index (Phi) is 2.86. The number of hydrogen-bond acceptors (Lipinski definition) is 3. The molecular weight excluding hydrogens is 164 g/mol. The number of aliphatic hydroxyl groups excluding tert-OH is 1. The zero-order valence-electron chi connectivity index (χ0n) is 8.37. The summed E-state index contributed by atoms with van der Waals surface area (Å²) >= 11 is 0. The highest BCUT2D eigenvalue weighted by molar-refractivity contribution is 4.88. The van der Waals surface area contributed by atoms with E-state index in [1.807, 2.05) is 6.92 Å². The van der Waals surface area contributed by atoms with E-state index >= 15 is 0 Å². The summed E-state index contributed by atoms with van der Waals surface area (Å²) in [7, 11) is 0. The van der Waals surface area contributed by atoms with Crippen LogP contribution in [0.2, 0.25) is 0 Å². The Labute approximate surface area is 80.1 Å². The van der Waals surface area contributed by atoms with Crippen LogP contribution in [0.1, 0.15) is 13.3 Å². The number of nitrogens with zero attached hydrogens (tertiary/aromatic N) is 1. The lowest BCUT2D eigenvalue weighted by Crippen LogP contribution is -2.42. The second-order valence-corrected chi connectivity index (χ2v) is 4.58. The minimum Gasteiger partial charge on any atom is -0.392 e. The van der Waals surface area contributed by atoms with Gasteiger partial charge in [0.2, 0.25) is 0 Å². The number of aliphatic hydroxyl groups is 1. The molecule has 3 heteroatoms. The molecule has 0 radical (unpaired) electrons. The van der Waals surface area contributed by atoms with E-state index in [-0.39, 0.29) is 6.10 Å². The summed E-state index contributed by atoms with van der Waals surface area (Å²) in [5.41, 5.74) is 0. The third kappa shape index (κ3) is 2.22. The summed E-state index contributed by atoms with van der Waals surface area (Å²) in [6.07, 6.45) is 1.13. The molecule has 0 aromatic heterocycles. The zero-order chi connectivity index (χ0) is 9.26. The Bertz CT molecular complexity index is 172. The molecule has 2 rings (SSSR count). The Morgan fingerprint density at radius 3 is 3.00 bits per heavy atom. The van der Waals surface area contributed by atoms with E-state index in [1.165, 1.54) is 32.6 Å². The van der Waals surface area contributed by atoms with Crippen LogP contribution in [0.25, 0.3) is 0 Å². The standard InChI is InChI=1S/C10H20N2O/c1-8(13)6-12-3-2-9-4-11-5-10(9)7-12/h8-11,13H,2-7H2,1H3. The first-order chi connectivity index (χ1) is 6.25. The number of hydrogen-bond donors (Lipinski definition) is 2. The van der Waals surface area contributed by atoms with E-state index in [4.69, 9.17) is 0 Å². The predicted molar refractivity (Wildman–Crippen MR) is 52.6 cm³/mol. The molecule has 0 aromatic carbocycles. The van der Waals surface area contributed by atoms with Gasteiger partial charge in [-0.3, -0.25) is 0 Å². The molecule has 0 bridgehead atoms. The molecule has 76 valence electrons. The molecule has 2 saturated heterocycles. The van der Waals surface area contributed by atoms with Crippen LogP contribution in [0, 0.1) is 11.8 Å². The molecule has 13 heavy (non-hydrogen) atoms. The van der Waals surface area contributed by atoms with Crippen molar-refractivity contribution < 1.29 is 5.11 Å². The van der Waals surface area contributed by atoms with Crippen molar-refractivity contribution >= 4 is 0 Å². The summed E-state index contributed by atoms with van der Waals surface area (Å²) in [6.45, 7) is 7.48. The highest BCUT2D eigenvalue weighted by Gasteiger charge is 2.32. The first kappa shape index (κ1) is 9.44. The van der Waals surface area contributed by atoms with Gasteiger partial charge < -0.3 is 15.3 Å². The van der Waals surface area contributed by atoms with Crippen LogP contribution in [-0.2, 0) is 0 Å². The van der Waals surface area contributed by atoms with Gasteiger partial charge in [-0.2, -0.15) is 0 Å². The van der Waals surface area contributed by atoms with Crippen LogP contribution in [0.3, 0.4) is 0 Å². The molecule has 3 unspecified atom stereocenters. The second-order valence-electron chi connectivity index (χ2n) is 4.58. The van der Waals surface area contributed by atoms with Crippen molar-refractivity contribution in [3.8, 4) is 0 Å². The lowest BCUT2D eigenvalue weighted by atomic mass is 9.88. The van der Waals surface area contributed by atoms with Gasteiger partial charge in [-0.15, -0.1) is 0 Å². The highest BCUT2D eigenvalue weighted by Crippen LogP contribution is 2.26. The van der Waals surface area contributed by atoms with Crippen molar-refractivity contribution in [1.29, 1.82) is 0 Å². The monoisotopic (exact) mass is 184 g/mol. The third-order valence-electron chi connectivity index (χ3n) is 3.31. The number of nitrogens with one attached hydrogen (secondary N) is 1. The maximum Gasteiger partial charge on any atom is 0.0639 e. The van der Waals surface area contributed by atoms with Crippen molar-refractivity contribution in [3.63, 3.8) is 0 Å². The molecule has 2 aliphatic heterocycles. The predicted octanol–water partition coefficient (Wildman–Crippen LogP) is -0.0915. The van der Waals surface area contributed by atoms with E-state index in [1.54, 1.807) is 0 Å². The van der Waals surface area contributed by atoms with Crippen molar-refractivity contribution in [1.82, 2.24) is 10.2 Å². The highest BCUT2D eigenvalue weighted by atomic mass is 16.3. The van der Waals surface area contributed by atoms with Crippen LogP contribution in [-0.4, -0.2) is 48.8 Å². The Hall–Kier alpha value is -0.120. The molecule has 3 atom stereocenters. The fourth-order valence-corrected chi connectivity index (χ4v) is 2.65. The van der Waals surface area contributed by atoms with Crippen molar-refractivity contribution in [2.45, 2.75) is 19.4 Å². The summed E-state index contributed by atoms with van der Waals surface area (Å²) in [5.74, 6) is 1.75. The molecule has 0 aliphatic carbocycles. The van der Waals surface area contributed by atoms with Crippen molar-refractivity contribution in [3.05, 3.63) is 0 Å². The molecule has 2 N–H and O–H groups in total. The van der Waals surface area contributed by atoms with Gasteiger partial charge in [0.25, 0.3) is 0 Å². The topological polar surface area (TPSA) is 35.5 Å². The van der Waals surface area contributed by atoms with E-state index in [9.17, 15) is 5.11 Å². The quantitative estimate of drug-likeness (QED) is 0.629. The van der Waals surface area contributed by atoms with Gasteiger partial charge in [0.1, 0.15) is 0 Å². The Balaban J connectivity index is 1.83. The van der Waals surface area contributed by atoms with Crippen LogP contribution >= 0.6 is 0 Å². The number of rotatable bonds is 2. The van der Waals surface area contributed by atoms with Gasteiger partial charge >= 0.3 is 0 Å². The number of likely N-dealkylation sites (tertiary alicyclic amines) is 1. The number of fused-ring (bicyclic) bond motifs is 1. The lowest BCUT2D eigenvalue weighted by Gasteiger charge is -2.34. The Morgan fingerprint density at radius 1 is 1.46 bits per heavy atom. The van der Waals surface area contributed by atoms with Gasteiger partial charge in [0, 0.05) is 13.1 Å². The maximum absolute atomic E-state index is 9.29. The average molecular weight is 184 g/mol. The van der Waals surface area contributed by atoms with Crippen molar-refractivity contribution in [2.24, 2.45) is 11.8 Å². The van der Waals surface area contributed by atoms with E-state index < -0.39 is 0 Å². The van der Waals surface area contributed by atoms with Crippen LogP contribution in [0.4, 0.5) is 0 Å². The normalized spacial score (nSPS) is 37.4. The van der Waals surface area contributed by atoms with Gasteiger partial charge in [-0.05, 0) is 44.8 Å². The molecule has 0 spiro atoms. The molecule has 2 aliphatic rings. The minimum atomic E-state index is -0.175. The summed E-state index contributed by atoms with van der Waals surface area (Å²) < 4.78 is 0. The van der Waals surface area contributed by atoms with Gasteiger partial charge in [0.15, 0.2) is 0 Å². The lowest BCUT2D eigenvalue weighted by molar-refractivity contribution is 0.0840. The van der Waals surface area contributed by atoms with Gasteiger partial charge in [-0.25, -0.2) is 0 Å². The van der Waals surface area contributed by atoms with Gasteiger partial charge in [-0.1, -0.05) is 0 Å². The Morgan fingerprint density at radius 2 is 2.23 bits per heavy atom. The van der Waals surface area contributed by atoms with E-state index in [2.05, 4.69) is 10.2 Å². The molecule has 3 nitrogen and oxygen atoms in total. The fourth-order valence-electron chi connectivity index (χ4n) is 2.65. The SMILES string of the molecule is CC(O)CN1CCC2CNCC2C1. The van der Waals surface area contributed by atoms with E-state index in [0.29, 0.717) is 0 Å². The molecule has 0 aromatic rings. The van der Waals surface area contributed by atoms with E-state index in [0.717, 1.165) is 18.4 Å². The average Bonchev–Trinajstić information content (AvgIpc) is 2.49. The maximum atomic E-state index is 9.29. The minimum absolute atomic E-state index is 0.175. The first-order valence-corrected chi connectivity index (χ1v) is 5.37. The van der Waals surface area contributed by atoms with Crippen LogP contribution < -0.4 is 5.32 Å². The zero-order valence-corrected chi connectivity index (χ0v) is 8.37. The molecule has 0 amide bonds. The van der Waals surface area contributed by atoms with Crippen molar-refractivity contribution in [2.75, 3.05) is 32.7 Å². The number of β-amino-alcohol motifs (C(OH)–C–C–N with tert-alkyl or cyclic N) is 1. The summed E-state index contributed by atoms with van der Waals surface area (Å²) in [6, 6.07) is 0. The molecular formula is C10H20N2O. The smallest absolute Gasteiger partial charge is 0.0639 e. The summed E-state index contributed by atoms with van der Waals surface area (Å²) in [4.78, 5) is 2.40. The fraction of sp³-hybridized carbons (Fsp3) is 1.00. The largest absolute Gasteiger partial charge is 0.392 e. The number of piperidine rings is 1. The molecule has 0 saturated carbocycles. The second kappa shape index (κ2) is 3.95. The van der Waals surface area contributed by atoms with Crippen LogP contribution in [0.5, 0.6) is 0 Å². The third-order valence-corrected chi connectivity index (χ3v) is 3.31. The van der Waals surface area contributed by atoms with Gasteiger partial charge in [0.05, 0.1) is 6.10 Å². The van der Waals surface area contributed by atoms with Crippen LogP contribution in [0.15, 0.2) is 0 Å². The molecule has 2 heterocycles. The first-order valence-electron chi connectivity index (χ1n) is 5.37. The molecule has 2 fully saturated rings.